The van der Waals surface area contributed by atoms with Crippen molar-refractivity contribution in [2.75, 3.05) is 13.2 Å². The lowest BCUT2D eigenvalue weighted by molar-refractivity contribution is -0.384. The number of benzene rings is 1. The van der Waals surface area contributed by atoms with Crippen LogP contribution in [0.25, 0.3) is 0 Å². The van der Waals surface area contributed by atoms with E-state index in [1.807, 2.05) is 0 Å². The molecule has 1 aromatic carbocycles. The van der Waals surface area contributed by atoms with Crippen molar-refractivity contribution in [1.82, 2.24) is 4.90 Å². The molecule has 0 aliphatic heterocycles. The Morgan fingerprint density at radius 3 is 2.63 bits per heavy atom. The van der Waals surface area contributed by atoms with E-state index in [9.17, 15) is 14.9 Å². The largest absolute Gasteiger partial charge is 0.395 e. The summed E-state index contributed by atoms with van der Waals surface area (Å²) in [5.41, 5.74) is -0.126. The molecule has 6 nitrogen and oxygen atoms in total. The molecular weight excluding hydrogens is 272 g/mol. The minimum absolute atomic E-state index is 0.0676. The van der Waals surface area contributed by atoms with Crippen LogP contribution in [0.5, 0.6) is 0 Å². The summed E-state index contributed by atoms with van der Waals surface area (Å²) in [4.78, 5) is 23.8. The number of carbonyl (C=O) groups excluding carboxylic acids is 1. The molecule has 7 heteroatoms. The Labute approximate surface area is 115 Å². The second-order valence-electron chi connectivity index (χ2n) is 4.24. The van der Waals surface area contributed by atoms with Crippen molar-refractivity contribution in [1.29, 1.82) is 0 Å². The molecule has 0 heterocycles. The van der Waals surface area contributed by atoms with Gasteiger partial charge in [0, 0.05) is 24.7 Å². The fraction of sp³-hybridized carbons (Fsp3) is 0.417. The van der Waals surface area contributed by atoms with Crippen LogP contribution in [0.15, 0.2) is 18.2 Å². The molecule has 0 spiro atoms. The fourth-order valence-corrected chi connectivity index (χ4v) is 1.85. The van der Waals surface area contributed by atoms with Crippen molar-refractivity contribution in [3.8, 4) is 0 Å². The second kappa shape index (κ2) is 6.49. The molecule has 0 radical (unpaired) electrons. The molecule has 1 rings (SSSR count). The van der Waals surface area contributed by atoms with Crippen molar-refractivity contribution < 1.29 is 14.8 Å². The molecule has 0 saturated heterocycles. The summed E-state index contributed by atoms with van der Waals surface area (Å²) in [6, 6.07) is 3.57. The number of hydrogen-bond donors (Lipinski definition) is 1. The van der Waals surface area contributed by atoms with Crippen molar-refractivity contribution in [3.05, 3.63) is 38.9 Å². The van der Waals surface area contributed by atoms with Gasteiger partial charge < -0.3 is 10.0 Å². The van der Waals surface area contributed by atoms with E-state index < -0.39 is 10.8 Å². The summed E-state index contributed by atoms with van der Waals surface area (Å²) in [7, 11) is 0. The van der Waals surface area contributed by atoms with E-state index >= 15 is 0 Å². The van der Waals surface area contributed by atoms with Crippen molar-refractivity contribution in [2.24, 2.45) is 0 Å². The summed E-state index contributed by atoms with van der Waals surface area (Å²) in [5.74, 6) is -0.433. The zero-order valence-corrected chi connectivity index (χ0v) is 11.4. The molecule has 0 aliphatic carbocycles. The average Bonchev–Trinajstić information content (AvgIpc) is 2.35. The van der Waals surface area contributed by atoms with Gasteiger partial charge in [0.25, 0.3) is 11.6 Å². The lowest BCUT2D eigenvalue weighted by atomic mass is 10.1. The first-order valence-corrected chi connectivity index (χ1v) is 6.12. The Bertz CT molecular complexity index is 491. The van der Waals surface area contributed by atoms with Gasteiger partial charge in [0.05, 0.1) is 22.1 Å². The molecule has 19 heavy (non-hydrogen) atoms. The number of non-ortho nitro benzene ring substituents is 1. The SMILES string of the molecule is CC(C)N(CCO)C(=O)c1cc([N+](=O)[O-])ccc1Cl. The molecule has 104 valence electrons. The Morgan fingerprint density at radius 1 is 1.53 bits per heavy atom. The number of aliphatic hydroxyl groups excluding tert-OH is 1. The molecule has 0 aliphatic rings. The maximum absolute atomic E-state index is 12.3. The molecule has 0 unspecified atom stereocenters. The van der Waals surface area contributed by atoms with Gasteiger partial charge in [-0.15, -0.1) is 0 Å². The van der Waals surface area contributed by atoms with Crippen molar-refractivity contribution in [3.63, 3.8) is 0 Å². The van der Waals surface area contributed by atoms with Crippen LogP contribution in [0, 0.1) is 10.1 Å². The minimum atomic E-state index is -0.584. The van der Waals surface area contributed by atoms with E-state index in [0.717, 1.165) is 6.07 Å². The van der Waals surface area contributed by atoms with Gasteiger partial charge in [-0.25, -0.2) is 0 Å². The number of nitro groups is 1. The Kier molecular flexibility index (Phi) is 5.26. The summed E-state index contributed by atoms with van der Waals surface area (Å²) in [6.45, 7) is 3.55. The van der Waals surface area contributed by atoms with Gasteiger partial charge in [-0.2, -0.15) is 0 Å². The second-order valence-corrected chi connectivity index (χ2v) is 4.64. The van der Waals surface area contributed by atoms with Crippen molar-refractivity contribution in [2.45, 2.75) is 19.9 Å². The van der Waals surface area contributed by atoms with Gasteiger partial charge in [0.15, 0.2) is 0 Å². The van der Waals surface area contributed by atoms with E-state index in [1.165, 1.54) is 17.0 Å². The number of amides is 1. The maximum Gasteiger partial charge on any atom is 0.270 e. The minimum Gasteiger partial charge on any atom is -0.395 e. The normalized spacial score (nSPS) is 10.6. The summed E-state index contributed by atoms with van der Waals surface area (Å²) >= 11 is 5.91. The number of carbonyl (C=O) groups is 1. The number of halogens is 1. The van der Waals surface area contributed by atoms with Gasteiger partial charge in [-0.3, -0.25) is 14.9 Å². The first kappa shape index (κ1) is 15.4. The highest BCUT2D eigenvalue weighted by Crippen LogP contribution is 2.24. The van der Waals surface area contributed by atoms with Crippen LogP contribution in [-0.4, -0.2) is 40.0 Å². The predicted octanol–water partition coefficient (Wildman–Crippen LogP) is 2.09. The average molecular weight is 287 g/mol. The molecule has 0 saturated carbocycles. The zero-order chi connectivity index (χ0) is 14.6. The number of aliphatic hydroxyl groups is 1. The van der Waals surface area contributed by atoms with Crippen LogP contribution < -0.4 is 0 Å². The lowest BCUT2D eigenvalue weighted by Gasteiger charge is -2.26. The Hall–Kier alpha value is -1.66. The van der Waals surface area contributed by atoms with Gasteiger partial charge in [0.1, 0.15) is 0 Å². The molecule has 1 aromatic rings. The molecule has 0 fully saturated rings. The van der Waals surface area contributed by atoms with Crippen LogP contribution >= 0.6 is 11.6 Å². The van der Waals surface area contributed by atoms with Gasteiger partial charge in [0.2, 0.25) is 0 Å². The quantitative estimate of drug-likeness (QED) is 0.663. The van der Waals surface area contributed by atoms with Gasteiger partial charge in [-0.1, -0.05) is 11.6 Å². The van der Waals surface area contributed by atoms with E-state index in [4.69, 9.17) is 16.7 Å². The highest BCUT2D eigenvalue weighted by molar-refractivity contribution is 6.33. The van der Waals surface area contributed by atoms with E-state index in [1.54, 1.807) is 13.8 Å². The summed E-state index contributed by atoms with van der Waals surface area (Å²) in [5, 5.41) is 19.8. The van der Waals surface area contributed by atoms with Crippen LogP contribution in [0.3, 0.4) is 0 Å². The first-order valence-electron chi connectivity index (χ1n) is 5.74. The third-order valence-corrected chi connectivity index (χ3v) is 2.95. The monoisotopic (exact) mass is 286 g/mol. The lowest BCUT2D eigenvalue weighted by Crippen LogP contribution is -2.39. The summed E-state index contributed by atoms with van der Waals surface area (Å²) < 4.78 is 0. The molecular formula is C12H15ClN2O4. The Morgan fingerprint density at radius 2 is 2.16 bits per heavy atom. The predicted molar refractivity (Wildman–Crippen MR) is 71.4 cm³/mol. The van der Waals surface area contributed by atoms with Crippen LogP contribution in [0.1, 0.15) is 24.2 Å². The molecule has 0 bridgehead atoms. The number of nitro benzene ring substituents is 1. The zero-order valence-electron chi connectivity index (χ0n) is 10.7. The van der Waals surface area contributed by atoms with Crippen LogP contribution in [-0.2, 0) is 0 Å². The van der Waals surface area contributed by atoms with Crippen LogP contribution in [0.2, 0.25) is 5.02 Å². The standard InChI is InChI=1S/C12H15ClN2O4/c1-8(2)14(5-6-16)12(17)10-7-9(15(18)19)3-4-11(10)13/h3-4,7-8,16H,5-6H2,1-2H3. The molecule has 1 N–H and O–H groups in total. The van der Waals surface area contributed by atoms with Gasteiger partial charge >= 0.3 is 0 Å². The van der Waals surface area contributed by atoms with Gasteiger partial charge in [-0.05, 0) is 19.9 Å². The number of hydrogen-bond acceptors (Lipinski definition) is 4. The van der Waals surface area contributed by atoms with E-state index in [-0.39, 0.29) is 35.5 Å². The first-order chi connectivity index (χ1) is 8.88. The highest BCUT2D eigenvalue weighted by Gasteiger charge is 2.22. The van der Waals surface area contributed by atoms with Crippen molar-refractivity contribution >= 4 is 23.2 Å². The maximum atomic E-state index is 12.3. The van der Waals surface area contributed by atoms with Crippen LogP contribution in [0.4, 0.5) is 5.69 Å². The Balaban J connectivity index is 3.16. The third kappa shape index (κ3) is 3.65. The fourth-order valence-electron chi connectivity index (χ4n) is 1.65. The number of rotatable bonds is 5. The molecule has 1 amide bonds. The van der Waals surface area contributed by atoms with E-state index in [0.29, 0.717) is 0 Å². The summed E-state index contributed by atoms with van der Waals surface area (Å²) in [6.07, 6.45) is 0. The van der Waals surface area contributed by atoms with E-state index in [2.05, 4.69) is 0 Å². The molecule has 0 atom stereocenters. The highest BCUT2D eigenvalue weighted by atomic mass is 35.5. The third-order valence-electron chi connectivity index (χ3n) is 2.62. The number of nitrogens with zero attached hydrogens (tertiary/aromatic N) is 2. The molecule has 0 aromatic heterocycles. The topological polar surface area (TPSA) is 83.7 Å². The smallest absolute Gasteiger partial charge is 0.270 e.